The van der Waals surface area contributed by atoms with Crippen molar-refractivity contribution in [2.24, 2.45) is 5.92 Å². The third-order valence-electron chi connectivity index (χ3n) is 5.33. The van der Waals surface area contributed by atoms with Gasteiger partial charge in [0.1, 0.15) is 0 Å². The Balaban J connectivity index is 1.48. The van der Waals surface area contributed by atoms with Crippen LogP contribution in [0.1, 0.15) is 19.3 Å². The van der Waals surface area contributed by atoms with E-state index in [-0.39, 0.29) is 5.91 Å². The second-order valence-electron chi connectivity index (χ2n) is 7.34. The fourth-order valence-electron chi connectivity index (χ4n) is 3.56. The van der Waals surface area contributed by atoms with Crippen molar-refractivity contribution >= 4 is 17.3 Å². The molecule has 2 aliphatic rings. The lowest BCUT2D eigenvalue weighted by Gasteiger charge is -2.34. The maximum absolute atomic E-state index is 12.2. The summed E-state index contributed by atoms with van der Waals surface area (Å²) in [5.41, 5.74) is 2.15. The quantitative estimate of drug-likeness (QED) is 0.918. The van der Waals surface area contributed by atoms with E-state index in [0.29, 0.717) is 12.3 Å². The fourth-order valence-corrected chi connectivity index (χ4v) is 3.56. The van der Waals surface area contributed by atoms with E-state index in [4.69, 9.17) is 0 Å². The first-order chi connectivity index (χ1) is 11.6. The summed E-state index contributed by atoms with van der Waals surface area (Å²) in [6.45, 7) is 6.57. The van der Waals surface area contributed by atoms with Crippen LogP contribution < -0.4 is 10.2 Å². The molecule has 5 nitrogen and oxygen atoms in total. The lowest BCUT2D eigenvalue weighted by Crippen LogP contribution is -2.44. The van der Waals surface area contributed by atoms with Gasteiger partial charge < -0.3 is 20.0 Å². The van der Waals surface area contributed by atoms with E-state index >= 15 is 0 Å². The zero-order chi connectivity index (χ0) is 16.9. The minimum Gasteiger partial charge on any atom is -0.369 e. The monoisotopic (exact) mass is 330 g/mol. The number of hydrogen-bond donors (Lipinski definition) is 1. The van der Waals surface area contributed by atoms with E-state index in [0.717, 1.165) is 57.8 Å². The standard InChI is InChI=1S/C19H30N4O/c1-21-9-7-16(8-10-21)15-19(24)20-17-3-5-18(6-4-17)23-13-11-22(2)12-14-23/h3-6,16H,7-15H2,1-2H3,(H,20,24). The molecule has 0 saturated carbocycles. The van der Waals surface area contributed by atoms with Crippen molar-refractivity contribution in [3.05, 3.63) is 24.3 Å². The van der Waals surface area contributed by atoms with Crippen LogP contribution in [-0.2, 0) is 4.79 Å². The molecule has 2 fully saturated rings. The zero-order valence-electron chi connectivity index (χ0n) is 15.0. The molecule has 0 unspecified atom stereocenters. The molecule has 0 bridgehead atoms. The summed E-state index contributed by atoms with van der Waals surface area (Å²) >= 11 is 0. The van der Waals surface area contributed by atoms with Gasteiger partial charge in [-0.05, 0) is 70.2 Å². The molecule has 5 heteroatoms. The second-order valence-corrected chi connectivity index (χ2v) is 7.34. The van der Waals surface area contributed by atoms with Crippen molar-refractivity contribution < 1.29 is 4.79 Å². The van der Waals surface area contributed by atoms with Gasteiger partial charge in [0.2, 0.25) is 5.91 Å². The van der Waals surface area contributed by atoms with Crippen LogP contribution >= 0.6 is 0 Å². The minimum atomic E-state index is 0.150. The maximum atomic E-state index is 12.2. The Morgan fingerprint density at radius 3 is 2.17 bits per heavy atom. The summed E-state index contributed by atoms with van der Waals surface area (Å²) in [4.78, 5) is 19.3. The van der Waals surface area contributed by atoms with E-state index < -0.39 is 0 Å². The first kappa shape index (κ1) is 17.2. The Labute approximate surface area is 145 Å². The predicted octanol–water partition coefficient (Wildman–Crippen LogP) is 2.11. The molecule has 0 atom stereocenters. The Bertz CT molecular complexity index is 529. The molecule has 2 saturated heterocycles. The molecule has 0 spiro atoms. The highest BCUT2D eigenvalue weighted by Gasteiger charge is 2.19. The van der Waals surface area contributed by atoms with Gasteiger partial charge in [0.05, 0.1) is 0 Å². The van der Waals surface area contributed by atoms with Crippen LogP contribution in [0.4, 0.5) is 11.4 Å². The molecule has 2 heterocycles. The number of piperidine rings is 1. The molecule has 0 aromatic heterocycles. The van der Waals surface area contributed by atoms with Gasteiger partial charge in [-0.25, -0.2) is 0 Å². The molecule has 0 aliphatic carbocycles. The molecule has 1 aromatic rings. The average Bonchev–Trinajstić information content (AvgIpc) is 2.58. The van der Waals surface area contributed by atoms with E-state index in [1.54, 1.807) is 0 Å². The highest BCUT2D eigenvalue weighted by Crippen LogP contribution is 2.22. The van der Waals surface area contributed by atoms with Crippen LogP contribution in [0.3, 0.4) is 0 Å². The first-order valence-electron chi connectivity index (χ1n) is 9.12. The summed E-state index contributed by atoms with van der Waals surface area (Å²) in [6.07, 6.45) is 2.91. The Kier molecular flexibility index (Phi) is 5.74. The van der Waals surface area contributed by atoms with Crippen molar-refractivity contribution in [3.63, 3.8) is 0 Å². The maximum Gasteiger partial charge on any atom is 0.224 e. The molecule has 1 amide bonds. The number of piperazine rings is 1. The third-order valence-corrected chi connectivity index (χ3v) is 5.33. The zero-order valence-corrected chi connectivity index (χ0v) is 15.0. The smallest absolute Gasteiger partial charge is 0.224 e. The van der Waals surface area contributed by atoms with E-state index in [1.165, 1.54) is 5.69 Å². The van der Waals surface area contributed by atoms with Gasteiger partial charge >= 0.3 is 0 Å². The number of anilines is 2. The lowest BCUT2D eigenvalue weighted by atomic mass is 9.93. The minimum absolute atomic E-state index is 0.150. The molecule has 2 aliphatic heterocycles. The number of hydrogen-bond acceptors (Lipinski definition) is 4. The number of benzene rings is 1. The SMILES string of the molecule is CN1CCC(CC(=O)Nc2ccc(N3CCN(C)CC3)cc2)CC1. The van der Waals surface area contributed by atoms with Gasteiger partial charge in [-0.1, -0.05) is 0 Å². The number of likely N-dealkylation sites (tertiary alicyclic amines) is 1. The lowest BCUT2D eigenvalue weighted by molar-refractivity contribution is -0.117. The van der Waals surface area contributed by atoms with Crippen molar-refractivity contribution in [3.8, 4) is 0 Å². The number of carbonyl (C=O) groups excluding carboxylic acids is 1. The predicted molar refractivity (Wildman–Crippen MR) is 99.6 cm³/mol. The van der Waals surface area contributed by atoms with E-state index in [2.05, 4.69) is 46.2 Å². The molecule has 132 valence electrons. The normalized spacial score (nSPS) is 21.0. The van der Waals surface area contributed by atoms with Gasteiger partial charge in [0, 0.05) is 44.0 Å². The molecule has 24 heavy (non-hydrogen) atoms. The van der Waals surface area contributed by atoms with Gasteiger partial charge in [-0.15, -0.1) is 0 Å². The summed E-state index contributed by atoms with van der Waals surface area (Å²) < 4.78 is 0. The number of amides is 1. The molecular formula is C19H30N4O. The second kappa shape index (κ2) is 7.99. The van der Waals surface area contributed by atoms with Crippen LogP contribution in [0.15, 0.2) is 24.3 Å². The van der Waals surface area contributed by atoms with E-state index in [1.807, 2.05) is 12.1 Å². The molecule has 0 radical (unpaired) electrons. The molecule has 3 rings (SSSR count). The average molecular weight is 330 g/mol. The fraction of sp³-hybridized carbons (Fsp3) is 0.632. The van der Waals surface area contributed by atoms with Gasteiger partial charge in [-0.2, -0.15) is 0 Å². The highest BCUT2D eigenvalue weighted by molar-refractivity contribution is 5.91. The van der Waals surface area contributed by atoms with Crippen LogP contribution in [0.5, 0.6) is 0 Å². The van der Waals surface area contributed by atoms with Crippen LogP contribution in [0.2, 0.25) is 0 Å². The van der Waals surface area contributed by atoms with Crippen molar-refractivity contribution in [2.45, 2.75) is 19.3 Å². The molecule has 1 N–H and O–H groups in total. The number of rotatable bonds is 4. The Morgan fingerprint density at radius 1 is 0.958 bits per heavy atom. The summed E-state index contributed by atoms with van der Waals surface area (Å²) in [6, 6.07) is 8.30. The van der Waals surface area contributed by atoms with Gasteiger partial charge in [-0.3, -0.25) is 4.79 Å². The largest absolute Gasteiger partial charge is 0.369 e. The number of carbonyl (C=O) groups is 1. The first-order valence-corrected chi connectivity index (χ1v) is 9.12. The summed E-state index contributed by atoms with van der Waals surface area (Å²) in [5, 5.41) is 3.06. The topological polar surface area (TPSA) is 38.8 Å². The number of nitrogens with one attached hydrogen (secondary N) is 1. The van der Waals surface area contributed by atoms with E-state index in [9.17, 15) is 4.79 Å². The number of likely N-dealkylation sites (N-methyl/N-ethyl adjacent to an activating group) is 1. The summed E-state index contributed by atoms with van der Waals surface area (Å²) in [5.74, 6) is 0.683. The summed E-state index contributed by atoms with van der Waals surface area (Å²) in [7, 11) is 4.32. The van der Waals surface area contributed by atoms with Crippen LogP contribution in [0.25, 0.3) is 0 Å². The molecule has 1 aromatic carbocycles. The highest BCUT2D eigenvalue weighted by atomic mass is 16.1. The Hall–Kier alpha value is -1.59. The number of nitrogens with zero attached hydrogens (tertiary/aromatic N) is 3. The molecular weight excluding hydrogens is 300 g/mol. The Morgan fingerprint density at radius 2 is 1.54 bits per heavy atom. The van der Waals surface area contributed by atoms with Crippen molar-refractivity contribution in [2.75, 3.05) is 63.6 Å². The van der Waals surface area contributed by atoms with Crippen LogP contribution in [-0.4, -0.2) is 69.1 Å². The third kappa shape index (κ3) is 4.71. The van der Waals surface area contributed by atoms with Gasteiger partial charge in [0.15, 0.2) is 0 Å². The van der Waals surface area contributed by atoms with Crippen molar-refractivity contribution in [1.82, 2.24) is 9.80 Å². The van der Waals surface area contributed by atoms with Crippen molar-refractivity contribution in [1.29, 1.82) is 0 Å². The van der Waals surface area contributed by atoms with Crippen LogP contribution in [0, 0.1) is 5.92 Å². The van der Waals surface area contributed by atoms with Gasteiger partial charge in [0.25, 0.3) is 0 Å².